The molecule has 2 aliphatic rings. The Morgan fingerprint density at radius 1 is 1.29 bits per heavy atom. The summed E-state index contributed by atoms with van der Waals surface area (Å²) in [5.74, 6) is 0.981. The third kappa shape index (κ3) is 2.97. The van der Waals surface area contributed by atoms with Crippen LogP contribution in [0.2, 0.25) is 0 Å². The molecule has 5 nitrogen and oxygen atoms in total. The fourth-order valence-corrected chi connectivity index (χ4v) is 4.10. The van der Waals surface area contributed by atoms with Crippen molar-refractivity contribution in [3.8, 4) is 0 Å². The number of aryl methyl sites for hydroxylation is 1. The van der Waals surface area contributed by atoms with Crippen LogP contribution < -0.4 is 5.32 Å². The summed E-state index contributed by atoms with van der Waals surface area (Å²) in [6.45, 7) is 5.37. The van der Waals surface area contributed by atoms with E-state index in [0.717, 1.165) is 12.4 Å². The van der Waals surface area contributed by atoms with E-state index in [1.165, 1.54) is 49.7 Å². The smallest absolute Gasteiger partial charge is 0.168 e. The lowest BCUT2D eigenvalue weighted by molar-refractivity contribution is 0.371. The van der Waals surface area contributed by atoms with Crippen LogP contribution in [0.1, 0.15) is 74.5 Å². The van der Waals surface area contributed by atoms with Crippen LogP contribution >= 0.6 is 0 Å². The molecule has 0 amide bonds. The van der Waals surface area contributed by atoms with Crippen molar-refractivity contribution >= 4 is 0 Å². The second kappa shape index (κ2) is 6.28. The first-order valence-electron chi connectivity index (χ1n) is 9.26. The van der Waals surface area contributed by atoms with Gasteiger partial charge in [0.25, 0.3) is 0 Å². The van der Waals surface area contributed by atoms with Gasteiger partial charge in [0.15, 0.2) is 5.82 Å². The number of aromatic nitrogens is 4. The van der Waals surface area contributed by atoms with Crippen molar-refractivity contribution in [3.63, 3.8) is 0 Å². The van der Waals surface area contributed by atoms with E-state index in [0.29, 0.717) is 6.04 Å². The maximum absolute atomic E-state index is 4.27. The molecule has 5 heteroatoms. The standard InChI is InChI=1S/C19H27N5/c1-14-6-5-7-16(12-14)19(10-3-4-11-19)13-20-15(2)18-21-22-23-24(18)17-8-9-17/h5-7,12,15,17,20H,3-4,8-11,13H2,1-2H3. The lowest BCUT2D eigenvalue weighted by Gasteiger charge is -2.31. The van der Waals surface area contributed by atoms with Gasteiger partial charge in [0, 0.05) is 12.0 Å². The zero-order chi connectivity index (χ0) is 16.6. The van der Waals surface area contributed by atoms with Crippen LogP contribution in [-0.4, -0.2) is 26.8 Å². The molecule has 4 rings (SSSR count). The van der Waals surface area contributed by atoms with E-state index in [1.807, 2.05) is 4.68 Å². The molecule has 24 heavy (non-hydrogen) atoms. The van der Waals surface area contributed by atoms with E-state index < -0.39 is 0 Å². The molecular weight excluding hydrogens is 298 g/mol. The summed E-state index contributed by atoms with van der Waals surface area (Å²) in [5, 5.41) is 16.1. The van der Waals surface area contributed by atoms with Crippen LogP contribution in [0.15, 0.2) is 24.3 Å². The van der Waals surface area contributed by atoms with Crippen molar-refractivity contribution in [3.05, 3.63) is 41.2 Å². The van der Waals surface area contributed by atoms with E-state index in [4.69, 9.17) is 0 Å². The molecule has 1 N–H and O–H groups in total. The fraction of sp³-hybridized carbons (Fsp3) is 0.632. The zero-order valence-corrected chi connectivity index (χ0v) is 14.7. The third-order valence-corrected chi connectivity index (χ3v) is 5.74. The molecule has 2 fully saturated rings. The lowest BCUT2D eigenvalue weighted by Crippen LogP contribution is -2.38. The molecule has 2 aromatic rings. The van der Waals surface area contributed by atoms with Crippen LogP contribution in [0.25, 0.3) is 0 Å². The molecule has 0 spiro atoms. The van der Waals surface area contributed by atoms with Crippen LogP contribution in [-0.2, 0) is 5.41 Å². The summed E-state index contributed by atoms with van der Waals surface area (Å²) in [4.78, 5) is 0. The number of rotatable bonds is 6. The highest BCUT2D eigenvalue weighted by Gasteiger charge is 2.36. The van der Waals surface area contributed by atoms with Gasteiger partial charge in [-0.05, 0) is 55.5 Å². The third-order valence-electron chi connectivity index (χ3n) is 5.74. The molecule has 0 aliphatic heterocycles. The fourth-order valence-electron chi connectivity index (χ4n) is 4.10. The maximum Gasteiger partial charge on any atom is 0.168 e. The highest BCUT2D eigenvalue weighted by atomic mass is 15.6. The SMILES string of the molecule is Cc1cccc(C2(CNC(C)c3nnnn3C3CC3)CCCC2)c1. The first-order valence-corrected chi connectivity index (χ1v) is 9.26. The van der Waals surface area contributed by atoms with E-state index >= 15 is 0 Å². The topological polar surface area (TPSA) is 55.6 Å². The second-order valence-electron chi connectivity index (χ2n) is 7.67. The molecule has 1 aromatic carbocycles. The number of tetrazole rings is 1. The minimum atomic E-state index is 0.183. The number of nitrogens with zero attached hydrogens (tertiary/aromatic N) is 4. The summed E-state index contributed by atoms with van der Waals surface area (Å²) in [6, 6.07) is 9.76. The van der Waals surface area contributed by atoms with Gasteiger partial charge in [-0.3, -0.25) is 0 Å². The lowest BCUT2D eigenvalue weighted by atomic mass is 9.78. The normalized spacial score (nSPS) is 21.1. The van der Waals surface area contributed by atoms with Gasteiger partial charge >= 0.3 is 0 Å². The van der Waals surface area contributed by atoms with Crippen LogP contribution in [0.4, 0.5) is 0 Å². The average molecular weight is 325 g/mol. The molecular formula is C19H27N5. The van der Waals surface area contributed by atoms with Gasteiger partial charge in [-0.15, -0.1) is 5.10 Å². The van der Waals surface area contributed by atoms with Gasteiger partial charge in [-0.2, -0.15) is 0 Å². The maximum atomic E-state index is 4.27. The number of hydrogen-bond acceptors (Lipinski definition) is 4. The predicted molar refractivity (Wildman–Crippen MR) is 93.8 cm³/mol. The zero-order valence-electron chi connectivity index (χ0n) is 14.7. The van der Waals surface area contributed by atoms with Crippen molar-refractivity contribution in [2.75, 3.05) is 6.54 Å². The molecule has 1 atom stereocenters. The highest BCUT2D eigenvalue weighted by molar-refractivity contribution is 5.31. The Morgan fingerprint density at radius 3 is 2.79 bits per heavy atom. The first kappa shape index (κ1) is 15.8. The Morgan fingerprint density at radius 2 is 2.08 bits per heavy atom. The first-order chi connectivity index (χ1) is 11.7. The van der Waals surface area contributed by atoms with Gasteiger partial charge in [-0.25, -0.2) is 4.68 Å². The van der Waals surface area contributed by atoms with E-state index in [9.17, 15) is 0 Å². The Bertz CT molecular complexity index is 697. The van der Waals surface area contributed by atoms with Gasteiger partial charge < -0.3 is 5.32 Å². The molecule has 0 radical (unpaired) electrons. The largest absolute Gasteiger partial charge is 0.307 e. The summed E-state index contributed by atoms with van der Waals surface area (Å²) in [6.07, 6.45) is 7.59. The molecule has 1 unspecified atom stereocenters. The van der Waals surface area contributed by atoms with Crippen molar-refractivity contribution in [2.45, 2.75) is 69.9 Å². The molecule has 1 aromatic heterocycles. The minimum absolute atomic E-state index is 0.183. The van der Waals surface area contributed by atoms with Crippen molar-refractivity contribution in [1.29, 1.82) is 0 Å². The molecule has 128 valence electrons. The Balaban J connectivity index is 1.50. The summed E-state index contributed by atoms with van der Waals surface area (Å²) < 4.78 is 2.02. The summed E-state index contributed by atoms with van der Waals surface area (Å²) >= 11 is 0. The number of benzene rings is 1. The second-order valence-corrected chi connectivity index (χ2v) is 7.67. The summed E-state index contributed by atoms with van der Waals surface area (Å²) in [7, 11) is 0. The van der Waals surface area contributed by atoms with Gasteiger partial charge in [0.1, 0.15) is 0 Å². The van der Waals surface area contributed by atoms with Crippen LogP contribution in [0.3, 0.4) is 0 Å². The van der Waals surface area contributed by atoms with E-state index in [-0.39, 0.29) is 11.5 Å². The summed E-state index contributed by atoms with van der Waals surface area (Å²) in [5.41, 5.74) is 3.10. The van der Waals surface area contributed by atoms with Crippen LogP contribution in [0, 0.1) is 6.92 Å². The molecule has 0 bridgehead atoms. The van der Waals surface area contributed by atoms with Crippen LogP contribution in [0.5, 0.6) is 0 Å². The molecule has 0 saturated heterocycles. The molecule has 1 heterocycles. The molecule has 2 saturated carbocycles. The van der Waals surface area contributed by atoms with Gasteiger partial charge in [0.2, 0.25) is 0 Å². The van der Waals surface area contributed by atoms with Crippen molar-refractivity contribution in [2.24, 2.45) is 0 Å². The van der Waals surface area contributed by atoms with E-state index in [1.54, 1.807) is 0 Å². The highest BCUT2D eigenvalue weighted by Crippen LogP contribution is 2.41. The monoisotopic (exact) mass is 325 g/mol. The number of hydrogen-bond donors (Lipinski definition) is 1. The Labute approximate surface area is 143 Å². The average Bonchev–Trinajstić information content (AvgIpc) is 3.12. The van der Waals surface area contributed by atoms with Crippen molar-refractivity contribution in [1.82, 2.24) is 25.5 Å². The van der Waals surface area contributed by atoms with Crippen molar-refractivity contribution < 1.29 is 0 Å². The van der Waals surface area contributed by atoms with Gasteiger partial charge in [0.05, 0.1) is 12.1 Å². The number of nitrogens with one attached hydrogen (secondary N) is 1. The minimum Gasteiger partial charge on any atom is -0.307 e. The van der Waals surface area contributed by atoms with E-state index in [2.05, 4.69) is 59.0 Å². The predicted octanol–water partition coefficient (Wildman–Crippen LogP) is 3.48. The van der Waals surface area contributed by atoms with Gasteiger partial charge in [-0.1, -0.05) is 42.7 Å². The quantitative estimate of drug-likeness (QED) is 0.883. The Kier molecular flexibility index (Phi) is 4.12. The Hall–Kier alpha value is -1.75. The molecule has 2 aliphatic carbocycles.